The summed E-state index contributed by atoms with van der Waals surface area (Å²) in [4.78, 5) is 11.4. The van der Waals surface area contributed by atoms with Crippen LogP contribution in [0.1, 0.15) is 20.8 Å². The topological polar surface area (TPSA) is 38.3 Å². The minimum atomic E-state index is -0.590. The second-order valence-electron chi connectivity index (χ2n) is 4.26. The number of amides is 1. The van der Waals surface area contributed by atoms with Crippen molar-refractivity contribution in [1.29, 1.82) is 0 Å². The zero-order chi connectivity index (χ0) is 12.3. The van der Waals surface area contributed by atoms with E-state index in [0.717, 1.165) is 0 Å². The molecule has 0 radical (unpaired) electrons. The van der Waals surface area contributed by atoms with Crippen molar-refractivity contribution in [2.45, 2.75) is 26.4 Å². The number of ether oxygens (including phenoxy) is 1. The summed E-state index contributed by atoms with van der Waals surface area (Å²) in [5.74, 6) is -0.367. The maximum atomic E-state index is 13.2. The van der Waals surface area contributed by atoms with Crippen molar-refractivity contribution in [3.05, 3.63) is 27.6 Å². The molecular formula is C11H13FINO2. The molecule has 3 nitrogen and oxygen atoms in total. The van der Waals surface area contributed by atoms with Crippen LogP contribution in [0.15, 0.2) is 18.2 Å². The van der Waals surface area contributed by atoms with Crippen molar-refractivity contribution >= 4 is 34.4 Å². The normalized spacial score (nSPS) is 11.1. The molecule has 5 heteroatoms. The highest BCUT2D eigenvalue weighted by Crippen LogP contribution is 2.17. The van der Waals surface area contributed by atoms with Crippen LogP contribution in [0.5, 0.6) is 0 Å². The lowest BCUT2D eigenvalue weighted by Gasteiger charge is -2.19. The fourth-order valence-electron chi connectivity index (χ4n) is 0.995. The number of carbonyl (C=O) groups excluding carboxylic acids is 1. The predicted molar refractivity (Wildman–Crippen MR) is 69.0 cm³/mol. The Balaban J connectivity index is 2.67. The molecule has 0 unspecified atom stereocenters. The van der Waals surface area contributed by atoms with Gasteiger partial charge in [-0.3, -0.25) is 5.32 Å². The van der Waals surface area contributed by atoms with E-state index in [4.69, 9.17) is 4.74 Å². The second kappa shape index (κ2) is 4.99. The van der Waals surface area contributed by atoms with E-state index >= 15 is 0 Å². The maximum absolute atomic E-state index is 13.2. The Labute approximate surface area is 108 Å². The van der Waals surface area contributed by atoms with E-state index in [1.165, 1.54) is 6.07 Å². The highest BCUT2D eigenvalue weighted by atomic mass is 127. The second-order valence-corrected chi connectivity index (χ2v) is 5.42. The van der Waals surface area contributed by atoms with Gasteiger partial charge in [-0.1, -0.05) is 0 Å². The number of benzene rings is 1. The number of hydrogen-bond donors (Lipinski definition) is 1. The van der Waals surface area contributed by atoms with Crippen LogP contribution in [0, 0.1) is 9.39 Å². The Morgan fingerprint density at radius 2 is 2.06 bits per heavy atom. The third-order valence-electron chi connectivity index (χ3n) is 1.56. The molecule has 1 aromatic rings. The van der Waals surface area contributed by atoms with Crippen molar-refractivity contribution in [2.24, 2.45) is 0 Å². The summed E-state index contributed by atoms with van der Waals surface area (Å²) >= 11 is 1.88. The lowest BCUT2D eigenvalue weighted by atomic mass is 10.2. The zero-order valence-corrected chi connectivity index (χ0v) is 11.5. The Bertz CT molecular complexity index is 401. The molecule has 0 bridgehead atoms. The molecule has 16 heavy (non-hydrogen) atoms. The fourth-order valence-corrected chi connectivity index (χ4v) is 1.33. The summed E-state index contributed by atoms with van der Waals surface area (Å²) in [7, 11) is 0. The fraction of sp³-hybridized carbons (Fsp3) is 0.364. The molecular weight excluding hydrogens is 324 g/mol. The molecule has 1 amide bonds. The van der Waals surface area contributed by atoms with Crippen LogP contribution >= 0.6 is 22.6 Å². The first-order valence-electron chi connectivity index (χ1n) is 4.73. The van der Waals surface area contributed by atoms with Gasteiger partial charge >= 0.3 is 6.09 Å². The highest BCUT2D eigenvalue weighted by molar-refractivity contribution is 14.1. The van der Waals surface area contributed by atoms with Gasteiger partial charge in [0.2, 0.25) is 0 Å². The first-order chi connectivity index (χ1) is 7.28. The van der Waals surface area contributed by atoms with Crippen LogP contribution in [-0.2, 0) is 4.74 Å². The van der Waals surface area contributed by atoms with E-state index in [0.29, 0.717) is 9.26 Å². The number of anilines is 1. The molecule has 0 atom stereocenters. The Kier molecular flexibility index (Phi) is 4.12. The molecule has 1 aromatic carbocycles. The number of rotatable bonds is 1. The van der Waals surface area contributed by atoms with Crippen LogP contribution in [0.2, 0.25) is 0 Å². The molecule has 0 saturated heterocycles. The lowest BCUT2D eigenvalue weighted by molar-refractivity contribution is 0.0636. The Morgan fingerprint density at radius 3 is 2.56 bits per heavy atom. The van der Waals surface area contributed by atoms with Crippen molar-refractivity contribution in [3.63, 3.8) is 0 Å². The molecule has 0 aliphatic heterocycles. The van der Waals surface area contributed by atoms with Crippen molar-refractivity contribution < 1.29 is 13.9 Å². The van der Waals surface area contributed by atoms with Gasteiger partial charge < -0.3 is 4.74 Å². The van der Waals surface area contributed by atoms with Crippen LogP contribution in [-0.4, -0.2) is 11.7 Å². The molecule has 0 heterocycles. The molecule has 1 N–H and O–H groups in total. The van der Waals surface area contributed by atoms with E-state index in [-0.39, 0.29) is 5.82 Å². The Morgan fingerprint density at radius 1 is 1.44 bits per heavy atom. The smallest absolute Gasteiger partial charge is 0.412 e. The minimum Gasteiger partial charge on any atom is -0.444 e. The maximum Gasteiger partial charge on any atom is 0.412 e. The molecule has 0 saturated carbocycles. The molecule has 0 aromatic heterocycles. The first kappa shape index (κ1) is 13.2. The number of halogens is 2. The molecule has 0 aliphatic rings. The van der Waals surface area contributed by atoms with Crippen LogP contribution in [0.25, 0.3) is 0 Å². The molecule has 0 spiro atoms. The monoisotopic (exact) mass is 337 g/mol. The van der Waals surface area contributed by atoms with E-state index in [9.17, 15) is 9.18 Å². The van der Waals surface area contributed by atoms with Gasteiger partial charge in [0.25, 0.3) is 0 Å². The summed E-state index contributed by atoms with van der Waals surface area (Å²) < 4.78 is 18.7. The third-order valence-corrected chi connectivity index (χ3v) is 2.44. The zero-order valence-electron chi connectivity index (χ0n) is 9.30. The number of carbonyl (C=O) groups is 1. The van der Waals surface area contributed by atoms with Gasteiger partial charge in [-0.05, 0) is 61.6 Å². The summed E-state index contributed by atoms with van der Waals surface area (Å²) in [6.45, 7) is 5.29. The van der Waals surface area contributed by atoms with Crippen LogP contribution < -0.4 is 5.32 Å². The summed E-state index contributed by atoms with van der Waals surface area (Å²) in [6, 6.07) is 4.46. The van der Waals surface area contributed by atoms with E-state index in [2.05, 4.69) is 5.32 Å². The molecule has 0 fully saturated rings. The van der Waals surface area contributed by atoms with E-state index in [1.807, 2.05) is 22.6 Å². The quantitative estimate of drug-likeness (QED) is 0.792. The minimum absolute atomic E-state index is 0.367. The molecule has 1 rings (SSSR count). The van der Waals surface area contributed by atoms with Gasteiger partial charge in [0.05, 0.1) is 0 Å². The van der Waals surface area contributed by atoms with Crippen molar-refractivity contribution in [1.82, 2.24) is 0 Å². The average molecular weight is 337 g/mol. The van der Waals surface area contributed by atoms with Gasteiger partial charge in [-0.15, -0.1) is 0 Å². The van der Waals surface area contributed by atoms with Crippen molar-refractivity contribution in [3.8, 4) is 0 Å². The summed E-state index contributed by atoms with van der Waals surface area (Å²) in [5.41, 5.74) is -0.182. The lowest BCUT2D eigenvalue weighted by Crippen LogP contribution is -2.27. The SMILES string of the molecule is CC(C)(C)OC(=O)Nc1ccc(I)c(F)c1. The molecule has 0 aliphatic carbocycles. The predicted octanol–water partition coefficient (Wildman–Crippen LogP) is 3.78. The van der Waals surface area contributed by atoms with Crippen LogP contribution in [0.3, 0.4) is 0 Å². The van der Waals surface area contributed by atoms with Gasteiger partial charge in [-0.25, -0.2) is 9.18 Å². The van der Waals surface area contributed by atoms with Gasteiger partial charge in [0.1, 0.15) is 11.4 Å². The average Bonchev–Trinajstić information content (AvgIpc) is 2.08. The van der Waals surface area contributed by atoms with Gasteiger partial charge in [0, 0.05) is 9.26 Å². The van der Waals surface area contributed by atoms with Crippen molar-refractivity contribution in [2.75, 3.05) is 5.32 Å². The molecule has 88 valence electrons. The summed E-state index contributed by atoms with van der Waals surface area (Å²) in [6.07, 6.45) is -0.590. The Hall–Kier alpha value is -0.850. The van der Waals surface area contributed by atoms with E-state index < -0.39 is 11.7 Å². The number of nitrogens with one attached hydrogen (secondary N) is 1. The summed E-state index contributed by atoms with van der Waals surface area (Å²) in [5, 5.41) is 2.46. The van der Waals surface area contributed by atoms with Crippen LogP contribution in [0.4, 0.5) is 14.9 Å². The van der Waals surface area contributed by atoms with Gasteiger partial charge in [-0.2, -0.15) is 0 Å². The van der Waals surface area contributed by atoms with Gasteiger partial charge in [0.15, 0.2) is 0 Å². The first-order valence-corrected chi connectivity index (χ1v) is 5.81. The number of hydrogen-bond acceptors (Lipinski definition) is 2. The highest BCUT2D eigenvalue weighted by Gasteiger charge is 2.16. The largest absolute Gasteiger partial charge is 0.444 e. The van der Waals surface area contributed by atoms with E-state index in [1.54, 1.807) is 32.9 Å². The standard InChI is InChI=1S/C11H13FINO2/c1-11(2,3)16-10(15)14-7-4-5-9(13)8(12)6-7/h4-6H,1-3H3,(H,14,15). The third kappa shape index (κ3) is 4.34.